The number of tetrazole rings is 1. The normalized spacial score (nSPS) is 11.1. The lowest BCUT2D eigenvalue weighted by Gasteiger charge is -2.14. The summed E-state index contributed by atoms with van der Waals surface area (Å²) in [5.41, 5.74) is 3.36. The van der Waals surface area contributed by atoms with E-state index in [-0.39, 0.29) is 36.3 Å². The number of imidazole rings is 1. The van der Waals surface area contributed by atoms with Gasteiger partial charge in [0.05, 0.1) is 12.2 Å². The van der Waals surface area contributed by atoms with Gasteiger partial charge in [-0.25, -0.2) is 19.4 Å². The molecule has 2 aromatic carbocycles. The van der Waals surface area contributed by atoms with Crippen molar-refractivity contribution in [2.45, 2.75) is 79.4 Å². The molecule has 0 saturated heterocycles. The molecule has 2 aromatic heterocycles. The van der Waals surface area contributed by atoms with Crippen LogP contribution >= 0.6 is 11.6 Å². The Bertz CT molecular complexity index is 1670. The molecular formula is C32H37ClN6O8. The van der Waals surface area contributed by atoms with Crippen LogP contribution in [0.15, 0.2) is 48.5 Å². The number of rotatable bonds is 14. The molecule has 0 N–H and O–H groups in total. The van der Waals surface area contributed by atoms with Crippen molar-refractivity contribution in [3.05, 3.63) is 70.8 Å². The number of hydrogen-bond donors (Lipinski definition) is 0. The van der Waals surface area contributed by atoms with Gasteiger partial charge in [0.25, 0.3) is 0 Å². The van der Waals surface area contributed by atoms with Crippen molar-refractivity contribution in [2.24, 2.45) is 0 Å². The lowest BCUT2D eigenvalue weighted by molar-refractivity contribution is -0.0350. The van der Waals surface area contributed by atoms with Crippen molar-refractivity contribution in [2.75, 3.05) is 6.79 Å². The van der Waals surface area contributed by atoms with Crippen molar-refractivity contribution < 1.29 is 38.1 Å². The fourth-order valence-corrected chi connectivity index (χ4v) is 4.79. The van der Waals surface area contributed by atoms with Crippen LogP contribution < -0.4 is 0 Å². The standard InChI is InChI=1S/C32H37ClN6O8/c1-6-7-12-26-34-28(33)27(30(40)44-19-45-32(42)47-21(4)5)38(26)17-22-13-15-23(16-14-22)24-10-8-9-11-25(24)29-35-36-37-39(29)18-43-31(41)46-20(2)3/h8-11,13-16,20-21H,6-7,12,17-19H2,1-5H3. The Labute approximate surface area is 276 Å². The average Bonchev–Trinajstić information content (AvgIpc) is 3.62. The Morgan fingerprint density at radius 3 is 2.19 bits per heavy atom. The summed E-state index contributed by atoms with van der Waals surface area (Å²) in [7, 11) is 0. The van der Waals surface area contributed by atoms with Gasteiger partial charge in [-0.05, 0) is 61.2 Å². The molecule has 0 bridgehead atoms. The van der Waals surface area contributed by atoms with Crippen molar-refractivity contribution in [1.82, 2.24) is 29.8 Å². The quantitative estimate of drug-likeness (QED) is 0.0823. The van der Waals surface area contributed by atoms with E-state index in [1.807, 2.05) is 48.5 Å². The number of nitrogens with zero attached hydrogens (tertiary/aromatic N) is 6. The molecule has 0 radical (unpaired) electrons. The van der Waals surface area contributed by atoms with Crippen LogP contribution in [0.5, 0.6) is 0 Å². The SMILES string of the molecule is CCCCc1nc(Cl)c(C(=O)OCOC(=O)OC(C)C)n1Cc1ccc(-c2ccccc2-c2nnnn2COC(=O)OC(C)C)cc1. The number of unbranched alkanes of at least 4 members (excludes halogenated alkanes) is 1. The average molecular weight is 669 g/mol. The number of hydrogen-bond acceptors (Lipinski definition) is 12. The second-order valence-corrected chi connectivity index (χ2v) is 11.3. The molecule has 0 aliphatic heterocycles. The number of ether oxygens (including phenoxy) is 5. The Hall–Kier alpha value is -4.98. The van der Waals surface area contributed by atoms with E-state index in [4.69, 9.17) is 35.3 Å². The Morgan fingerprint density at radius 1 is 0.872 bits per heavy atom. The molecule has 0 aliphatic carbocycles. The van der Waals surface area contributed by atoms with E-state index in [1.54, 1.807) is 32.3 Å². The molecule has 0 fully saturated rings. The Kier molecular flexibility index (Phi) is 12.3. The molecule has 15 heteroatoms. The van der Waals surface area contributed by atoms with Crippen LogP contribution in [-0.2, 0) is 43.4 Å². The van der Waals surface area contributed by atoms with E-state index in [0.29, 0.717) is 18.1 Å². The van der Waals surface area contributed by atoms with E-state index in [2.05, 4.69) is 27.4 Å². The number of aryl methyl sites for hydroxylation is 1. The molecule has 4 rings (SSSR count). The van der Waals surface area contributed by atoms with Crippen LogP contribution in [0.2, 0.25) is 5.15 Å². The summed E-state index contributed by atoms with van der Waals surface area (Å²) in [4.78, 5) is 41.1. The lowest BCUT2D eigenvalue weighted by atomic mass is 9.98. The maximum atomic E-state index is 13.1. The molecule has 14 nitrogen and oxygen atoms in total. The minimum atomic E-state index is -0.950. The molecule has 2 heterocycles. The second-order valence-electron chi connectivity index (χ2n) is 10.9. The number of carbonyl (C=O) groups excluding carboxylic acids is 3. The monoisotopic (exact) mass is 668 g/mol. The summed E-state index contributed by atoms with van der Waals surface area (Å²) in [5.74, 6) is 0.247. The van der Waals surface area contributed by atoms with Gasteiger partial charge >= 0.3 is 18.3 Å². The van der Waals surface area contributed by atoms with Crippen LogP contribution in [0.4, 0.5) is 9.59 Å². The Morgan fingerprint density at radius 2 is 1.53 bits per heavy atom. The maximum Gasteiger partial charge on any atom is 0.511 e. The van der Waals surface area contributed by atoms with Crippen molar-refractivity contribution in [1.29, 1.82) is 0 Å². The zero-order chi connectivity index (χ0) is 33.9. The van der Waals surface area contributed by atoms with Gasteiger partial charge in [0, 0.05) is 18.5 Å². The molecule has 0 atom stereocenters. The third kappa shape index (κ3) is 9.51. The fourth-order valence-electron chi connectivity index (χ4n) is 4.51. The third-order valence-corrected chi connectivity index (χ3v) is 6.86. The highest BCUT2D eigenvalue weighted by molar-refractivity contribution is 6.32. The number of benzene rings is 2. The summed E-state index contributed by atoms with van der Waals surface area (Å²) in [6, 6.07) is 15.3. The zero-order valence-corrected chi connectivity index (χ0v) is 27.6. The minimum Gasteiger partial charge on any atom is -0.432 e. The van der Waals surface area contributed by atoms with Crippen molar-refractivity contribution >= 4 is 29.9 Å². The van der Waals surface area contributed by atoms with E-state index in [1.165, 1.54) is 4.68 Å². The van der Waals surface area contributed by atoms with Gasteiger partial charge in [0.2, 0.25) is 6.79 Å². The molecular weight excluding hydrogens is 632 g/mol. The summed E-state index contributed by atoms with van der Waals surface area (Å²) >= 11 is 6.43. The summed E-state index contributed by atoms with van der Waals surface area (Å²) in [6.45, 7) is 8.26. The van der Waals surface area contributed by atoms with Gasteiger partial charge in [-0.2, -0.15) is 4.68 Å². The first-order chi connectivity index (χ1) is 22.6. The van der Waals surface area contributed by atoms with E-state index in [0.717, 1.165) is 35.1 Å². The molecule has 250 valence electrons. The minimum absolute atomic E-state index is 0.00410. The van der Waals surface area contributed by atoms with Gasteiger partial charge in [0.15, 0.2) is 23.4 Å². The molecule has 0 spiro atoms. The van der Waals surface area contributed by atoms with Crippen LogP contribution in [0.3, 0.4) is 0 Å². The first kappa shape index (κ1) is 34.9. The smallest absolute Gasteiger partial charge is 0.432 e. The van der Waals surface area contributed by atoms with Gasteiger partial charge < -0.3 is 28.3 Å². The predicted octanol–water partition coefficient (Wildman–Crippen LogP) is 6.44. The lowest BCUT2D eigenvalue weighted by Crippen LogP contribution is -2.19. The number of esters is 1. The number of carbonyl (C=O) groups is 3. The number of aromatic nitrogens is 6. The third-order valence-electron chi connectivity index (χ3n) is 6.59. The van der Waals surface area contributed by atoms with E-state index >= 15 is 0 Å². The van der Waals surface area contributed by atoms with Crippen LogP contribution in [0.25, 0.3) is 22.5 Å². The molecule has 0 unspecified atom stereocenters. The predicted molar refractivity (Wildman–Crippen MR) is 169 cm³/mol. The van der Waals surface area contributed by atoms with Crippen LogP contribution in [0, 0.1) is 0 Å². The highest BCUT2D eigenvalue weighted by Crippen LogP contribution is 2.31. The topological polar surface area (TPSA) is 159 Å². The first-order valence-electron chi connectivity index (χ1n) is 15.1. The second kappa shape index (κ2) is 16.5. The fraction of sp³-hybridized carbons (Fsp3) is 0.406. The largest absolute Gasteiger partial charge is 0.511 e. The first-order valence-corrected chi connectivity index (χ1v) is 15.5. The molecule has 0 amide bonds. The molecule has 0 saturated carbocycles. The van der Waals surface area contributed by atoms with Gasteiger partial charge in [-0.15, -0.1) is 5.10 Å². The van der Waals surface area contributed by atoms with Crippen LogP contribution in [0.1, 0.15) is 69.3 Å². The van der Waals surface area contributed by atoms with Crippen LogP contribution in [-0.4, -0.2) is 67.0 Å². The molecule has 4 aromatic rings. The molecule has 0 aliphatic rings. The highest BCUT2D eigenvalue weighted by Gasteiger charge is 2.24. The molecule has 47 heavy (non-hydrogen) atoms. The van der Waals surface area contributed by atoms with Crippen molar-refractivity contribution in [3.8, 4) is 22.5 Å². The van der Waals surface area contributed by atoms with Crippen molar-refractivity contribution in [3.63, 3.8) is 0 Å². The van der Waals surface area contributed by atoms with Gasteiger partial charge in [-0.1, -0.05) is 73.5 Å². The number of halogens is 1. The highest BCUT2D eigenvalue weighted by atomic mass is 35.5. The van der Waals surface area contributed by atoms with E-state index < -0.39 is 25.1 Å². The maximum absolute atomic E-state index is 13.1. The van der Waals surface area contributed by atoms with Gasteiger partial charge in [0.1, 0.15) is 5.82 Å². The summed E-state index contributed by atoms with van der Waals surface area (Å²) in [6.07, 6.45) is -0.122. The summed E-state index contributed by atoms with van der Waals surface area (Å²) < 4.78 is 28.2. The zero-order valence-electron chi connectivity index (χ0n) is 26.8. The van der Waals surface area contributed by atoms with Gasteiger partial charge in [-0.3, -0.25) is 0 Å². The van der Waals surface area contributed by atoms with E-state index in [9.17, 15) is 14.4 Å². The summed E-state index contributed by atoms with van der Waals surface area (Å²) in [5, 5.41) is 11.9. The Balaban J connectivity index is 1.54.